The summed E-state index contributed by atoms with van der Waals surface area (Å²) in [7, 11) is 1.75. The molecule has 1 amide bonds. The molecule has 18 heavy (non-hydrogen) atoms. The maximum absolute atomic E-state index is 11.6. The number of aromatic nitrogens is 2. The molecule has 7 heteroatoms. The first-order valence-corrected chi connectivity index (χ1v) is 6.45. The Kier molecular flexibility index (Phi) is 5.33. The molecule has 0 fully saturated rings. The van der Waals surface area contributed by atoms with Gasteiger partial charge in [-0.1, -0.05) is 13.8 Å². The summed E-state index contributed by atoms with van der Waals surface area (Å²) in [5.41, 5.74) is 5.62. The van der Waals surface area contributed by atoms with Crippen molar-refractivity contribution in [2.75, 3.05) is 30.8 Å². The van der Waals surface area contributed by atoms with Gasteiger partial charge in [-0.2, -0.15) is 4.98 Å². The van der Waals surface area contributed by atoms with Crippen LogP contribution in [0.3, 0.4) is 0 Å². The van der Waals surface area contributed by atoms with Gasteiger partial charge in [0.05, 0.1) is 6.54 Å². The Bertz CT molecular complexity index is 404. The van der Waals surface area contributed by atoms with Gasteiger partial charge in [0, 0.05) is 19.7 Å². The minimum atomic E-state index is -0.0617. The van der Waals surface area contributed by atoms with Gasteiger partial charge >= 0.3 is 0 Å². The van der Waals surface area contributed by atoms with E-state index in [9.17, 15) is 4.79 Å². The van der Waals surface area contributed by atoms with Crippen LogP contribution in [0.15, 0.2) is 10.7 Å². The Morgan fingerprint density at radius 3 is 2.78 bits per heavy atom. The maximum atomic E-state index is 11.6. The van der Waals surface area contributed by atoms with Crippen molar-refractivity contribution in [3.8, 4) is 0 Å². The molecule has 0 spiro atoms. The van der Waals surface area contributed by atoms with E-state index in [-0.39, 0.29) is 12.5 Å². The first kappa shape index (κ1) is 14.7. The van der Waals surface area contributed by atoms with Crippen molar-refractivity contribution in [1.29, 1.82) is 0 Å². The Labute approximate surface area is 115 Å². The Balaban J connectivity index is 2.59. The Hall–Kier alpha value is -1.37. The van der Waals surface area contributed by atoms with E-state index in [4.69, 9.17) is 5.73 Å². The van der Waals surface area contributed by atoms with Crippen LogP contribution in [0.25, 0.3) is 0 Å². The number of rotatable bonds is 5. The molecule has 1 heterocycles. The molecule has 0 saturated carbocycles. The van der Waals surface area contributed by atoms with Crippen molar-refractivity contribution in [2.45, 2.75) is 13.8 Å². The lowest BCUT2D eigenvalue weighted by Crippen LogP contribution is -2.37. The average molecular weight is 316 g/mol. The summed E-state index contributed by atoms with van der Waals surface area (Å²) in [5, 5.41) is 2.83. The molecule has 0 radical (unpaired) electrons. The smallest absolute Gasteiger partial charge is 0.239 e. The number of likely N-dealkylation sites (N-methyl/N-ethyl adjacent to an activating group) is 1. The van der Waals surface area contributed by atoms with Gasteiger partial charge in [-0.15, -0.1) is 0 Å². The molecule has 0 aliphatic rings. The predicted octanol–water partition coefficient (Wildman–Crippen LogP) is 1.03. The number of halogens is 1. The molecule has 1 rings (SSSR count). The molecular weight excluding hydrogens is 298 g/mol. The van der Waals surface area contributed by atoms with Crippen molar-refractivity contribution in [3.63, 3.8) is 0 Å². The van der Waals surface area contributed by atoms with Crippen LogP contribution in [0, 0.1) is 5.92 Å². The lowest BCUT2D eigenvalue weighted by molar-refractivity contribution is -0.119. The first-order valence-electron chi connectivity index (χ1n) is 5.66. The van der Waals surface area contributed by atoms with Crippen LogP contribution in [0.4, 0.5) is 11.8 Å². The van der Waals surface area contributed by atoms with Crippen LogP contribution in [0.1, 0.15) is 13.8 Å². The van der Waals surface area contributed by atoms with E-state index < -0.39 is 0 Å². The number of anilines is 2. The van der Waals surface area contributed by atoms with Crippen LogP contribution in [0.5, 0.6) is 0 Å². The third-order valence-electron chi connectivity index (χ3n) is 2.13. The second-order valence-electron chi connectivity index (χ2n) is 4.47. The normalized spacial score (nSPS) is 10.5. The van der Waals surface area contributed by atoms with Crippen LogP contribution in [-0.2, 0) is 4.79 Å². The van der Waals surface area contributed by atoms with Gasteiger partial charge in [-0.25, -0.2) is 4.98 Å². The van der Waals surface area contributed by atoms with Gasteiger partial charge in [-0.3, -0.25) is 4.79 Å². The molecule has 0 saturated heterocycles. The molecule has 3 N–H and O–H groups in total. The molecule has 0 aromatic carbocycles. The molecule has 0 unspecified atom stereocenters. The minimum Gasteiger partial charge on any atom is -0.383 e. The third-order valence-corrected chi connectivity index (χ3v) is 2.54. The summed E-state index contributed by atoms with van der Waals surface area (Å²) >= 11 is 3.24. The van der Waals surface area contributed by atoms with Gasteiger partial charge in [0.2, 0.25) is 11.9 Å². The lowest BCUT2D eigenvalue weighted by Gasteiger charge is -2.17. The van der Waals surface area contributed by atoms with E-state index in [0.29, 0.717) is 28.8 Å². The Morgan fingerprint density at radius 2 is 2.22 bits per heavy atom. The molecule has 1 aromatic heterocycles. The molecular formula is C11H18BrN5O. The number of nitrogen functional groups attached to an aromatic ring is 1. The topological polar surface area (TPSA) is 84.1 Å². The fraction of sp³-hybridized carbons (Fsp3) is 0.545. The monoisotopic (exact) mass is 315 g/mol. The van der Waals surface area contributed by atoms with Gasteiger partial charge < -0.3 is 16.0 Å². The second kappa shape index (κ2) is 6.53. The minimum absolute atomic E-state index is 0.0617. The Morgan fingerprint density at radius 1 is 1.56 bits per heavy atom. The number of hydrogen-bond acceptors (Lipinski definition) is 5. The van der Waals surface area contributed by atoms with E-state index in [0.717, 1.165) is 0 Å². The summed E-state index contributed by atoms with van der Waals surface area (Å²) in [6.07, 6.45) is 0. The van der Waals surface area contributed by atoms with E-state index in [1.807, 2.05) is 13.8 Å². The fourth-order valence-corrected chi connectivity index (χ4v) is 1.65. The SMILES string of the molecule is CC(C)CNC(=O)CN(C)c1nc(N)cc(Br)n1. The van der Waals surface area contributed by atoms with Crippen molar-refractivity contribution in [2.24, 2.45) is 5.92 Å². The van der Waals surface area contributed by atoms with Crippen molar-refractivity contribution < 1.29 is 4.79 Å². The van der Waals surface area contributed by atoms with Crippen molar-refractivity contribution >= 4 is 33.6 Å². The van der Waals surface area contributed by atoms with E-state index in [1.165, 1.54) is 0 Å². The summed E-state index contributed by atoms with van der Waals surface area (Å²) in [4.78, 5) is 21.5. The van der Waals surface area contributed by atoms with Gasteiger partial charge in [-0.05, 0) is 21.8 Å². The summed E-state index contributed by atoms with van der Waals surface area (Å²) in [5.74, 6) is 1.15. The number of carbonyl (C=O) groups excluding carboxylic acids is 1. The zero-order valence-corrected chi connectivity index (χ0v) is 12.4. The largest absolute Gasteiger partial charge is 0.383 e. The second-order valence-corrected chi connectivity index (χ2v) is 5.28. The highest BCUT2D eigenvalue weighted by Gasteiger charge is 2.11. The molecule has 0 aliphatic heterocycles. The highest BCUT2D eigenvalue weighted by molar-refractivity contribution is 9.10. The molecule has 1 aromatic rings. The highest BCUT2D eigenvalue weighted by atomic mass is 79.9. The van der Waals surface area contributed by atoms with Crippen LogP contribution >= 0.6 is 15.9 Å². The van der Waals surface area contributed by atoms with Crippen molar-refractivity contribution in [3.05, 3.63) is 10.7 Å². The van der Waals surface area contributed by atoms with Crippen molar-refractivity contribution in [1.82, 2.24) is 15.3 Å². The number of hydrogen-bond donors (Lipinski definition) is 2. The van der Waals surface area contributed by atoms with E-state index in [1.54, 1.807) is 18.0 Å². The van der Waals surface area contributed by atoms with Gasteiger partial charge in [0.1, 0.15) is 10.4 Å². The zero-order valence-electron chi connectivity index (χ0n) is 10.8. The first-order chi connectivity index (χ1) is 8.38. The van der Waals surface area contributed by atoms with E-state index in [2.05, 4.69) is 31.2 Å². The third kappa shape index (κ3) is 4.87. The van der Waals surface area contributed by atoms with Gasteiger partial charge in [0.25, 0.3) is 0 Å². The number of nitrogens with zero attached hydrogens (tertiary/aromatic N) is 3. The number of carbonyl (C=O) groups is 1. The summed E-state index contributed by atoms with van der Waals surface area (Å²) in [6, 6.07) is 1.61. The molecule has 6 nitrogen and oxygen atoms in total. The number of nitrogens with two attached hydrogens (primary N) is 1. The fourth-order valence-electron chi connectivity index (χ4n) is 1.25. The van der Waals surface area contributed by atoms with Crippen LogP contribution in [0.2, 0.25) is 0 Å². The lowest BCUT2D eigenvalue weighted by atomic mass is 10.2. The summed E-state index contributed by atoms with van der Waals surface area (Å²) < 4.78 is 0.597. The number of nitrogens with one attached hydrogen (secondary N) is 1. The quantitative estimate of drug-likeness (QED) is 0.793. The highest BCUT2D eigenvalue weighted by Crippen LogP contribution is 2.14. The maximum Gasteiger partial charge on any atom is 0.239 e. The van der Waals surface area contributed by atoms with Gasteiger partial charge in [0.15, 0.2) is 0 Å². The predicted molar refractivity (Wildman–Crippen MR) is 75.3 cm³/mol. The molecule has 100 valence electrons. The standard InChI is InChI=1S/C11H18BrN5O/c1-7(2)5-14-10(18)6-17(3)11-15-8(12)4-9(13)16-11/h4,7H,5-6H2,1-3H3,(H,14,18)(H2,13,15,16). The zero-order chi connectivity index (χ0) is 13.7. The summed E-state index contributed by atoms with van der Waals surface area (Å²) in [6.45, 7) is 4.95. The molecule has 0 aliphatic carbocycles. The average Bonchev–Trinajstić information content (AvgIpc) is 2.25. The number of amides is 1. The van der Waals surface area contributed by atoms with E-state index >= 15 is 0 Å². The molecule has 0 atom stereocenters. The molecule has 0 bridgehead atoms. The van der Waals surface area contributed by atoms with Crippen LogP contribution < -0.4 is 16.0 Å². The van der Waals surface area contributed by atoms with Crippen LogP contribution in [-0.4, -0.2) is 36.0 Å².